The summed E-state index contributed by atoms with van der Waals surface area (Å²) in [5.41, 5.74) is 0. The molecule has 0 unspecified atom stereocenters. The summed E-state index contributed by atoms with van der Waals surface area (Å²) in [7, 11) is 0. The molecule has 0 aliphatic carbocycles. The summed E-state index contributed by atoms with van der Waals surface area (Å²) in [6.07, 6.45) is -17.2. The molecule has 0 radical (unpaired) electrons. The molecule has 11 nitrogen and oxygen atoms in total. The highest BCUT2D eigenvalue weighted by atomic mass is 16.5. The van der Waals surface area contributed by atoms with Gasteiger partial charge in [-0.1, -0.05) is 0 Å². The highest BCUT2D eigenvalue weighted by molar-refractivity contribution is 5.88. The molecule has 0 spiro atoms. The molecule has 0 aromatic heterocycles. The number of aliphatic hydroxyl groups excluding tert-OH is 9. The van der Waals surface area contributed by atoms with Gasteiger partial charge in [-0.3, -0.25) is 4.79 Å². The van der Waals surface area contributed by atoms with Crippen molar-refractivity contribution >= 4 is 5.78 Å². The standard InChI is InChI=1S/C12H22O11/c13-1-3(15)5(16)7(18)9(20)11(22)12-10(21)8(19)6(17)4(2-14)23-12/h3-10,12-21H,1-2H2/t3-,4-,5-,6+,7+,8+,9+,10-,12+/m1/s1. The van der Waals surface area contributed by atoms with Crippen molar-refractivity contribution in [2.45, 2.75) is 54.9 Å². The smallest absolute Gasteiger partial charge is 0.195 e. The van der Waals surface area contributed by atoms with Crippen LogP contribution in [0.2, 0.25) is 0 Å². The first-order chi connectivity index (χ1) is 10.7. The van der Waals surface area contributed by atoms with E-state index in [9.17, 15) is 40.5 Å². The molecule has 1 aliphatic rings. The van der Waals surface area contributed by atoms with Gasteiger partial charge in [0.15, 0.2) is 5.78 Å². The van der Waals surface area contributed by atoms with Crippen molar-refractivity contribution in [2.24, 2.45) is 0 Å². The van der Waals surface area contributed by atoms with E-state index in [1.54, 1.807) is 0 Å². The number of ketones is 1. The third kappa shape index (κ3) is 4.22. The van der Waals surface area contributed by atoms with Crippen molar-refractivity contribution in [1.82, 2.24) is 0 Å². The van der Waals surface area contributed by atoms with Gasteiger partial charge in [0, 0.05) is 0 Å². The lowest BCUT2D eigenvalue weighted by molar-refractivity contribution is -0.231. The maximum Gasteiger partial charge on any atom is 0.195 e. The summed E-state index contributed by atoms with van der Waals surface area (Å²) in [6.45, 7) is -1.74. The lowest BCUT2D eigenvalue weighted by Crippen LogP contribution is -2.63. The van der Waals surface area contributed by atoms with Crippen LogP contribution in [0.5, 0.6) is 0 Å². The Morgan fingerprint density at radius 2 is 1.48 bits per heavy atom. The number of hydrogen-bond acceptors (Lipinski definition) is 11. The fourth-order valence-corrected chi connectivity index (χ4v) is 2.20. The van der Waals surface area contributed by atoms with Gasteiger partial charge in [-0.25, -0.2) is 0 Å². The van der Waals surface area contributed by atoms with E-state index in [4.69, 9.17) is 14.9 Å². The number of carbonyl (C=O) groups is 1. The van der Waals surface area contributed by atoms with E-state index >= 15 is 0 Å². The van der Waals surface area contributed by atoms with Gasteiger partial charge < -0.3 is 50.7 Å². The largest absolute Gasteiger partial charge is 0.394 e. The fourth-order valence-electron chi connectivity index (χ4n) is 2.20. The minimum atomic E-state index is -2.33. The molecule has 9 atom stereocenters. The monoisotopic (exact) mass is 342 g/mol. The van der Waals surface area contributed by atoms with Crippen molar-refractivity contribution in [3.05, 3.63) is 0 Å². The zero-order valence-corrected chi connectivity index (χ0v) is 12.0. The minimum Gasteiger partial charge on any atom is -0.394 e. The number of aliphatic hydroxyl groups is 9. The Bertz CT molecular complexity index is 389. The van der Waals surface area contributed by atoms with Crippen LogP contribution in [0.15, 0.2) is 0 Å². The number of carbonyl (C=O) groups excluding carboxylic acids is 1. The first kappa shape index (κ1) is 20.3. The minimum absolute atomic E-state index is 0.792. The summed E-state index contributed by atoms with van der Waals surface area (Å²) >= 11 is 0. The zero-order chi connectivity index (χ0) is 17.9. The van der Waals surface area contributed by atoms with Crippen molar-refractivity contribution in [3.8, 4) is 0 Å². The molecule has 1 fully saturated rings. The molecule has 1 heterocycles. The van der Waals surface area contributed by atoms with Gasteiger partial charge in [0.2, 0.25) is 0 Å². The zero-order valence-electron chi connectivity index (χ0n) is 12.0. The predicted octanol–water partition coefficient (Wildman–Crippen LogP) is -6.17. The Balaban J connectivity index is 2.85. The van der Waals surface area contributed by atoms with Crippen LogP contribution >= 0.6 is 0 Å². The molecular formula is C12H22O11. The molecule has 0 saturated carbocycles. The topological polar surface area (TPSA) is 208 Å². The molecule has 1 saturated heterocycles. The molecule has 0 bridgehead atoms. The summed E-state index contributed by atoms with van der Waals surface area (Å²) in [5.74, 6) is -1.35. The van der Waals surface area contributed by atoms with Crippen molar-refractivity contribution in [2.75, 3.05) is 13.2 Å². The average Bonchev–Trinajstić information content (AvgIpc) is 2.56. The van der Waals surface area contributed by atoms with Crippen LogP contribution < -0.4 is 0 Å². The predicted molar refractivity (Wildman–Crippen MR) is 69.9 cm³/mol. The number of hydrogen-bond donors (Lipinski definition) is 9. The van der Waals surface area contributed by atoms with Crippen LogP contribution in [0.1, 0.15) is 0 Å². The number of Topliss-reactive ketones (excluding diaryl/α,β-unsaturated/α-hetero) is 1. The highest BCUT2D eigenvalue weighted by Gasteiger charge is 2.49. The Kier molecular flexibility index (Phi) is 7.41. The molecule has 9 N–H and O–H groups in total. The van der Waals surface area contributed by atoms with Crippen LogP contribution in [0.4, 0.5) is 0 Å². The molecule has 23 heavy (non-hydrogen) atoms. The second-order valence-corrected chi connectivity index (χ2v) is 5.33. The van der Waals surface area contributed by atoms with Crippen LogP contribution in [-0.2, 0) is 9.53 Å². The van der Waals surface area contributed by atoms with Gasteiger partial charge in [-0.15, -0.1) is 0 Å². The molecule has 136 valence electrons. The van der Waals surface area contributed by atoms with Gasteiger partial charge in [0.1, 0.15) is 54.9 Å². The molecule has 1 aliphatic heterocycles. The van der Waals surface area contributed by atoms with E-state index in [0.29, 0.717) is 0 Å². The molecule has 0 aromatic carbocycles. The molecule has 0 amide bonds. The third-order valence-corrected chi connectivity index (χ3v) is 3.72. The Hall–Kier alpha value is -0.730. The van der Waals surface area contributed by atoms with Crippen molar-refractivity contribution < 1.29 is 55.5 Å². The van der Waals surface area contributed by atoms with E-state index in [0.717, 1.165) is 0 Å². The van der Waals surface area contributed by atoms with E-state index < -0.39 is 73.9 Å². The highest BCUT2D eigenvalue weighted by Crippen LogP contribution is 2.23. The van der Waals surface area contributed by atoms with E-state index in [1.807, 2.05) is 0 Å². The Labute approximate surface area is 130 Å². The SMILES string of the molecule is O=C([C@@H](O)[C@@H](O)[C@H](O)[C@H](O)CO)[C@H]1O[C@H](CO)[C@H](O)[C@H](O)[C@H]1O. The van der Waals surface area contributed by atoms with Gasteiger partial charge in [0.05, 0.1) is 13.2 Å². The van der Waals surface area contributed by atoms with Crippen LogP contribution in [0.3, 0.4) is 0 Å². The quantitative estimate of drug-likeness (QED) is 0.212. The van der Waals surface area contributed by atoms with E-state index in [-0.39, 0.29) is 0 Å². The summed E-state index contributed by atoms with van der Waals surface area (Å²) in [6, 6.07) is 0. The molecule has 11 heteroatoms. The second-order valence-electron chi connectivity index (χ2n) is 5.33. The number of rotatable bonds is 7. The van der Waals surface area contributed by atoms with Gasteiger partial charge >= 0.3 is 0 Å². The number of ether oxygens (including phenoxy) is 1. The Morgan fingerprint density at radius 3 is 1.96 bits per heavy atom. The van der Waals surface area contributed by atoms with E-state index in [1.165, 1.54) is 0 Å². The summed E-state index contributed by atoms with van der Waals surface area (Å²) in [5, 5.41) is 84.5. The maximum absolute atomic E-state index is 12.1. The lowest BCUT2D eigenvalue weighted by atomic mass is 9.89. The average molecular weight is 342 g/mol. The van der Waals surface area contributed by atoms with Gasteiger partial charge in [-0.2, -0.15) is 0 Å². The second kappa shape index (κ2) is 8.39. The van der Waals surface area contributed by atoms with Crippen LogP contribution in [-0.4, -0.2) is 120 Å². The lowest BCUT2D eigenvalue weighted by Gasteiger charge is -2.40. The van der Waals surface area contributed by atoms with Crippen molar-refractivity contribution in [1.29, 1.82) is 0 Å². The normalized spacial score (nSPS) is 37.0. The first-order valence-electron chi connectivity index (χ1n) is 6.84. The molecular weight excluding hydrogens is 320 g/mol. The van der Waals surface area contributed by atoms with Gasteiger partial charge in [-0.05, 0) is 0 Å². The first-order valence-corrected chi connectivity index (χ1v) is 6.84. The molecule has 0 aromatic rings. The molecule has 1 rings (SSSR count). The van der Waals surface area contributed by atoms with E-state index in [2.05, 4.69) is 0 Å². The third-order valence-electron chi connectivity index (χ3n) is 3.72. The Morgan fingerprint density at radius 1 is 0.913 bits per heavy atom. The van der Waals surface area contributed by atoms with Crippen LogP contribution in [0.25, 0.3) is 0 Å². The fraction of sp³-hybridized carbons (Fsp3) is 0.917. The van der Waals surface area contributed by atoms with Crippen LogP contribution in [0, 0.1) is 0 Å². The summed E-state index contributed by atoms with van der Waals surface area (Å²) < 4.78 is 4.91. The summed E-state index contributed by atoms with van der Waals surface area (Å²) in [4.78, 5) is 12.1. The maximum atomic E-state index is 12.1. The van der Waals surface area contributed by atoms with Gasteiger partial charge in [0.25, 0.3) is 0 Å². The van der Waals surface area contributed by atoms with Crippen molar-refractivity contribution in [3.63, 3.8) is 0 Å².